The molecular formula is C27H25N7. The van der Waals surface area contributed by atoms with E-state index in [-0.39, 0.29) is 0 Å². The summed E-state index contributed by atoms with van der Waals surface area (Å²) in [6.07, 6.45) is 5.59. The number of rotatable bonds is 6. The number of hydrogen-bond acceptors (Lipinski definition) is 4. The average Bonchev–Trinajstić information content (AvgIpc) is 3.59. The Labute approximate surface area is 196 Å². The lowest BCUT2D eigenvalue weighted by Crippen LogP contribution is -2.11. The molecule has 0 saturated heterocycles. The Bertz CT molecular complexity index is 1620. The van der Waals surface area contributed by atoms with Crippen LogP contribution in [0.5, 0.6) is 0 Å². The number of hydrogen-bond donors (Lipinski definition) is 3. The van der Waals surface area contributed by atoms with Gasteiger partial charge in [-0.1, -0.05) is 31.2 Å². The van der Waals surface area contributed by atoms with E-state index in [1.165, 1.54) is 16.7 Å². The van der Waals surface area contributed by atoms with Crippen molar-refractivity contribution in [1.82, 2.24) is 35.0 Å². The molecule has 0 amide bonds. The van der Waals surface area contributed by atoms with Gasteiger partial charge in [-0.15, -0.1) is 0 Å². The summed E-state index contributed by atoms with van der Waals surface area (Å²) in [5, 5.41) is 13.3. The molecule has 0 atom stereocenters. The maximum absolute atomic E-state index is 4.65. The predicted octanol–water partition coefficient (Wildman–Crippen LogP) is 5.38. The summed E-state index contributed by atoms with van der Waals surface area (Å²) in [4.78, 5) is 12.5. The lowest BCUT2D eigenvalue weighted by Gasteiger charge is -2.07. The molecule has 7 heteroatoms. The van der Waals surface area contributed by atoms with E-state index < -0.39 is 0 Å². The second kappa shape index (κ2) is 8.28. The Morgan fingerprint density at radius 2 is 1.85 bits per heavy atom. The van der Waals surface area contributed by atoms with E-state index in [1.54, 1.807) is 6.33 Å². The number of H-pyrrole nitrogens is 2. The van der Waals surface area contributed by atoms with Crippen LogP contribution >= 0.6 is 0 Å². The summed E-state index contributed by atoms with van der Waals surface area (Å²) in [7, 11) is 0. The molecule has 3 N–H and O–H groups in total. The fraction of sp³-hybridized carbons (Fsp3) is 0.148. The van der Waals surface area contributed by atoms with E-state index in [9.17, 15) is 0 Å². The predicted molar refractivity (Wildman–Crippen MR) is 136 cm³/mol. The lowest BCUT2D eigenvalue weighted by atomic mass is 10.0. The minimum absolute atomic E-state index is 0.846. The third-order valence-electron chi connectivity index (χ3n) is 6.14. The first kappa shape index (κ1) is 20.4. The molecule has 0 aliphatic rings. The van der Waals surface area contributed by atoms with Crippen molar-refractivity contribution in [1.29, 1.82) is 0 Å². The second-order valence-corrected chi connectivity index (χ2v) is 8.51. The Hall–Kier alpha value is -4.23. The number of aromatic amines is 2. The van der Waals surface area contributed by atoms with Gasteiger partial charge in [-0.2, -0.15) is 5.10 Å². The van der Waals surface area contributed by atoms with Crippen molar-refractivity contribution in [3.63, 3.8) is 0 Å². The Morgan fingerprint density at radius 1 is 0.941 bits per heavy atom. The number of nitrogens with one attached hydrogen (secondary N) is 3. The van der Waals surface area contributed by atoms with Crippen LogP contribution in [0, 0.1) is 6.92 Å². The molecule has 0 fully saturated rings. The van der Waals surface area contributed by atoms with Gasteiger partial charge in [-0.3, -0.25) is 9.67 Å². The topological polar surface area (TPSA) is 87.2 Å². The molecule has 0 bridgehead atoms. The number of imidazole rings is 1. The van der Waals surface area contributed by atoms with Crippen LogP contribution in [0.2, 0.25) is 0 Å². The van der Waals surface area contributed by atoms with Gasteiger partial charge in [-0.05, 0) is 60.5 Å². The maximum atomic E-state index is 4.65. The number of aryl methyl sites for hydroxylation is 1. The first-order chi connectivity index (χ1) is 16.7. The van der Waals surface area contributed by atoms with Crippen molar-refractivity contribution >= 4 is 21.8 Å². The molecule has 0 aliphatic carbocycles. The van der Waals surface area contributed by atoms with Gasteiger partial charge in [0.05, 0.1) is 22.4 Å². The molecule has 0 unspecified atom stereocenters. The molecule has 0 aliphatic heterocycles. The molecule has 0 radical (unpaired) electrons. The maximum Gasteiger partial charge on any atom is 0.147 e. The van der Waals surface area contributed by atoms with Crippen LogP contribution < -0.4 is 5.32 Å². The zero-order chi connectivity index (χ0) is 23.1. The average molecular weight is 448 g/mol. The van der Waals surface area contributed by atoms with Gasteiger partial charge in [0, 0.05) is 29.7 Å². The third-order valence-corrected chi connectivity index (χ3v) is 6.14. The van der Waals surface area contributed by atoms with Gasteiger partial charge >= 0.3 is 0 Å². The van der Waals surface area contributed by atoms with Gasteiger partial charge in [0.25, 0.3) is 0 Å². The van der Waals surface area contributed by atoms with Crippen molar-refractivity contribution in [3.8, 4) is 28.3 Å². The normalized spacial score (nSPS) is 11.6. The van der Waals surface area contributed by atoms with E-state index in [0.29, 0.717) is 0 Å². The lowest BCUT2D eigenvalue weighted by molar-refractivity contribution is 0.727. The molecule has 4 aromatic heterocycles. The first-order valence-electron chi connectivity index (χ1n) is 11.5. The summed E-state index contributed by atoms with van der Waals surface area (Å²) in [6.45, 7) is 5.92. The molecule has 168 valence electrons. The first-order valence-corrected chi connectivity index (χ1v) is 11.5. The van der Waals surface area contributed by atoms with E-state index >= 15 is 0 Å². The van der Waals surface area contributed by atoms with E-state index in [2.05, 4.69) is 85.9 Å². The molecule has 2 aromatic carbocycles. The van der Waals surface area contributed by atoms with Crippen LogP contribution in [0.4, 0.5) is 0 Å². The molecule has 7 nitrogen and oxygen atoms in total. The van der Waals surface area contributed by atoms with Gasteiger partial charge in [0.1, 0.15) is 17.8 Å². The molecule has 6 rings (SSSR count). The summed E-state index contributed by atoms with van der Waals surface area (Å²) >= 11 is 0. The Kier molecular flexibility index (Phi) is 4.96. The highest BCUT2D eigenvalue weighted by Gasteiger charge is 2.15. The van der Waals surface area contributed by atoms with Gasteiger partial charge in [0.2, 0.25) is 0 Å². The van der Waals surface area contributed by atoms with Crippen LogP contribution in [0.3, 0.4) is 0 Å². The number of fused-ring (bicyclic) bond motifs is 2. The van der Waals surface area contributed by atoms with Crippen molar-refractivity contribution < 1.29 is 0 Å². The van der Waals surface area contributed by atoms with Gasteiger partial charge < -0.3 is 10.3 Å². The largest absolute Gasteiger partial charge is 0.353 e. The SMILES string of the molecule is CCNCc1cccc(-c2ccc3[nH]nc(-c4cc5c(-n6cnc(C)c6)nccc5[nH]4)c3c2)c1. The van der Waals surface area contributed by atoms with E-state index in [4.69, 9.17) is 0 Å². The Morgan fingerprint density at radius 3 is 2.71 bits per heavy atom. The van der Waals surface area contributed by atoms with Crippen LogP contribution in [0.15, 0.2) is 73.3 Å². The summed E-state index contributed by atoms with van der Waals surface area (Å²) in [5.74, 6) is 0.846. The highest BCUT2D eigenvalue weighted by Crippen LogP contribution is 2.33. The summed E-state index contributed by atoms with van der Waals surface area (Å²) < 4.78 is 1.95. The number of pyridine rings is 1. The monoisotopic (exact) mass is 447 g/mol. The zero-order valence-electron chi connectivity index (χ0n) is 19.1. The molecule has 0 spiro atoms. The summed E-state index contributed by atoms with van der Waals surface area (Å²) in [6, 6.07) is 19.2. The van der Waals surface area contributed by atoms with Gasteiger partial charge in [0.15, 0.2) is 0 Å². The quantitative estimate of drug-likeness (QED) is 0.320. The highest BCUT2D eigenvalue weighted by atomic mass is 15.1. The van der Waals surface area contributed by atoms with Crippen LogP contribution in [0.25, 0.3) is 50.1 Å². The Balaban J connectivity index is 1.44. The minimum atomic E-state index is 0.846. The molecule has 6 aromatic rings. The van der Waals surface area contributed by atoms with Crippen molar-refractivity contribution in [2.75, 3.05) is 6.54 Å². The van der Waals surface area contributed by atoms with E-state index in [0.717, 1.165) is 57.8 Å². The highest BCUT2D eigenvalue weighted by molar-refractivity contribution is 5.99. The van der Waals surface area contributed by atoms with Crippen LogP contribution in [-0.4, -0.2) is 36.3 Å². The third kappa shape index (κ3) is 3.56. The molecule has 4 heterocycles. The van der Waals surface area contributed by atoms with Crippen molar-refractivity contribution in [2.24, 2.45) is 0 Å². The summed E-state index contributed by atoms with van der Waals surface area (Å²) in [5.41, 5.74) is 8.45. The standard InChI is InChI=1S/C27H25N7/c1-3-28-14-18-5-4-6-19(11-18)20-7-8-24-21(12-20)26(33-32-24)25-13-22-23(31-25)9-10-29-27(22)34-15-17(2)30-16-34/h4-13,15-16,28,31H,3,14H2,1-2H3,(H,32,33). The van der Waals surface area contributed by atoms with E-state index in [1.807, 2.05) is 30.0 Å². The minimum Gasteiger partial charge on any atom is -0.353 e. The van der Waals surface area contributed by atoms with Crippen LogP contribution in [-0.2, 0) is 6.54 Å². The van der Waals surface area contributed by atoms with Crippen molar-refractivity contribution in [2.45, 2.75) is 20.4 Å². The fourth-order valence-electron chi connectivity index (χ4n) is 4.44. The second-order valence-electron chi connectivity index (χ2n) is 8.51. The zero-order valence-corrected chi connectivity index (χ0v) is 19.1. The number of benzene rings is 2. The van der Waals surface area contributed by atoms with Crippen molar-refractivity contribution in [3.05, 3.63) is 84.6 Å². The molecule has 34 heavy (non-hydrogen) atoms. The van der Waals surface area contributed by atoms with Gasteiger partial charge in [-0.25, -0.2) is 9.97 Å². The number of nitrogens with zero attached hydrogens (tertiary/aromatic N) is 4. The number of aromatic nitrogens is 6. The smallest absolute Gasteiger partial charge is 0.147 e. The molecular weight excluding hydrogens is 422 g/mol. The fourth-order valence-corrected chi connectivity index (χ4v) is 4.44. The van der Waals surface area contributed by atoms with Crippen LogP contribution in [0.1, 0.15) is 18.2 Å². The molecule has 0 saturated carbocycles.